The van der Waals surface area contributed by atoms with Crippen molar-refractivity contribution in [2.45, 2.75) is 85.0 Å². The topological polar surface area (TPSA) is 134 Å². The first-order valence-corrected chi connectivity index (χ1v) is 13.4. The fourth-order valence-electron chi connectivity index (χ4n) is 4.44. The van der Waals surface area contributed by atoms with Gasteiger partial charge in [0.2, 0.25) is 11.8 Å². The number of nitrogens with zero attached hydrogens (tertiary/aromatic N) is 1. The van der Waals surface area contributed by atoms with Crippen molar-refractivity contribution >= 4 is 23.9 Å². The fraction of sp³-hybridized carbons (Fsp3) is 0.484. The van der Waals surface area contributed by atoms with E-state index in [2.05, 4.69) is 15.4 Å². The quantitative estimate of drug-likeness (QED) is 0.387. The summed E-state index contributed by atoms with van der Waals surface area (Å²) >= 11 is 0. The summed E-state index contributed by atoms with van der Waals surface area (Å²) in [6.45, 7) is 13.9. The van der Waals surface area contributed by atoms with Gasteiger partial charge in [0.25, 0.3) is 0 Å². The predicted molar refractivity (Wildman–Crippen MR) is 155 cm³/mol. The minimum absolute atomic E-state index is 0.0604. The number of aromatic hydroxyl groups is 1. The number of aryl methyl sites for hydroxylation is 2. The lowest BCUT2D eigenvalue weighted by molar-refractivity contribution is -0.149. The number of hydrogen-bond donors (Lipinski definition) is 3. The molecule has 0 aromatic heterocycles. The molecule has 0 bridgehead atoms. The van der Waals surface area contributed by atoms with Crippen LogP contribution in [-0.4, -0.2) is 64.7 Å². The summed E-state index contributed by atoms with van der Waals surface area (Å²) in [6.07, 6.45) is -0.726. The van der Waals surface area contributed by atoms with Crippen LogP contribution in [-0.2, 0) is 30.3 Å². The number of amides is 3. The van der Waals surface area contributed by atoms with Crippen LogP contribution < -0.4 is 10.6 Å². The maximum Gasteiger partial charge on any atom is 0.408 e. The summed E-state index contributed by atoms with van der Waals surface area (Å²) in [5, 5.41) is 15.0. The van der Waals surface area contributed by atoms with Crippen molar-refractivity contribution in [3.05, 3.63) is 64.7 Å². The Morgan fingerprint density at radius 2 is 1.49 bits per heavy atom. The number of phenolic OH excluding ortho intramolecular Hbond substituents is 1. The first-order chi connectivity index (χ1) is 18.9. The predicted octanol–water partition coefficient (Wildman–Crippen LogP) is 4.10. The van der Waals surface area contributed by atoms with Crippen molar-refractivity contribution in [3.8, 4) is 5.75 Å². The zero-order chi connectivity index (χ0) is 31.1. The second kappa shape index (κ2) is 13.5. The summed E-state index contributed by atoms with van der Waals surface area (Å²) in [6, 6.07) is 9.60. The lowest BCUT2D eigenvalue weighted by Gasteiger charge is -2.43. The van der Waals surface area contributed by atoms with E-state index in [4.69, 9.17) is 4.74 Å². The second-order valence-electron chi connectivity index (χ2n) is 12.1. The van der Waals surface area contributed by atoms with Crippen molar-refractivity contribution in [1.82, 2.24) is 15.5 Å². The number of phenols is 1. The third-order valence-electron chi connectivity index (χ3n) is 6.03. The number of methoxy groups -OCH3 is 1. The minimum Gasteiger partial charge on any atom is -0.508 e. The first-order valence-electron chi connectivity index (χ1n) is 13.4. The monoisotopic (exact) mass is 569 g/mol. The highest BCUT2D eigenvalue weighted by molar-refractivity contribution is 5.94. The Kier molecular flexibility index (Phi) is 10.9. The molecule has 2 aromatic carbocycles. The SMILES string of the molecule is COC(=O)CNC(=O)C(c1cc(C)cc(C)c1)N(C(=O)C(Cc1ccc(O)cc1)NC(=O)OC(C)(C)C)C(C)(C)C. The summed E-state index contributed by atoms with van der Waals surface area (Å²) in [4.78, 5) is 54.4. The molecule has 2 atom stereocenters. The minimum atomic E-state index is -1.14. The summed E-state index contributed by atoms with van der Waals surface area (Å²) in [5.74, 6) is -1.69. The lowest BCUT2D eigenvalue weighted by atomic mass is 9.92. The van der Waals surface area contributed by atoms with Crippen molar-refractivity contribution in [3.63, 3.8) is 0 Å². The van der Waals surface area contributed by atoms with Gasteiger partial charge in [-0.15, -0.1) is 0 Å². The Morgan fingerprint density at radius 1 is 0.927 bits per heavy atom. The molecule has 2 aromatic rings. The van der Waals surface area contributed by atoms with Crippen LogP contribution >= 0.6 is 0 Å². The second-order valence-corrected chi connectivity index (χ2v) is 12.1. The molecule has 0 fully saturated rings. The van der Waals surface area contributed by atoms with Crippen LogP contribution in [0.3, 0.4) is 0 Å². The number of hydrogen-bond acceptors (Lipinski definition) is 7. The van der Waals surface area contributed by atoms with E-state index in [0.29, 0.717) is 11.1 Å². The molecule has 2 rings (SSSR count). The molecule has 0 heterocycles. The number of esters is 1. The Morgan fingerprint density at radius 3 is 1.98 bits per heavy atom. The van der Waals surface area contributed by atoms with Crippen molar-refractivity contribution in [1.29, 1.82) is 0 Å². The van der Waals surface area contributed by atoms with E-state index in [1.165, 1.54) is 24.1 Å². The van der Waals surface area contributed by atoms with E-state index < -0.39 is 47.1 Å². The molecule has 41 heavy (non-hydrogen) atoms. The molecule has 10 nitrogen and oxygen atoms in total. The summed E-state index contributed by atoms with van der Waals surface area (Å²) in [5.41, 5.74) is 1.28. The standard InChI is InChI=1S/C31H43N3O7/c1-19-14-20(2)16-22(15-19)26(27(37)32-18-25(36)40-9)34(30(3,4)5)28(38)24(33-29(39)41-31(6,7)8)17-21-10-12-23(35)13-11-21/h10-16,24,26,35H,17-18H2,1-9H3,(H,32,37)(H,33,39). The van der Waals surface area contributed by atoms with Gasteiger partial charge in [0.15, 0.2) is 0 Å². The average Bonchev–Trinajstić information content (AvgIpc) is 2.83. The van der Waals surface area contributed by atoms with Gasteiger partial charge >= 0.3 is 12.1 Å². The zero-order valence-corrected chi connectivity index (χ0v) is 25.5. The number of carbonyl (C=O) groups excluding carboxylic acids is 4. The Hall–Kier alpha value is -4.08. The Balaban J connectivity index is 2.65. The molecule has 0 spiro atoms. The van der Waals surface area contributed by atoms with Crippen LogP contribution in [0, 0.1) is 13.8 Å². The van der Waals surface area contributed by atoms with Crippen LogP contribution in [0.4, 0.5) is 4.79 Å². The number of carbonyl (C=O) groups is 4. The molecule has 2 unspecified atom stereocenters. The summed E-state index contributed by atoms with van der Waals surface area (Å²) < 4.78 is 10.1. The third-order valence-corrected chi connectivity index (χ3v) is 6.03. The normalized spacial score (nSPS) is 13.0. The zero-order valence-electron chi connectivity index (χ0n) is 25.5. The van der Waals surface area contributed by atoms with Crippen molar-refractivity contribution in [2.75, 3.05) is 13.7 Å². The van der Waals surface area contributed by atoms with Gasteiger partial charge in [-0.05, 0) is 78.6 Å². The van der Waals surface area contributed by atoms with Gasteiger partial charge in [-0.25, -0.2) is 4.79 Å². The number of rotatable bonds is 9. The van der Waals surface area contributed by atoms with Crippen molar-refractivity contribution in [2.24, 2.45) is 0 Å². The molecular formula is C31H43N3O7. The first kappa shape index (κ1) is 33.1. The average molecular weight is 570 g/mol. The molecule has 10 heteroatoms. The Labute approximate surface area is 242 Å². The van der Waals surface area contributed by atoms with Gasteiger partial charge in [-0.3, -0.25) is 14.4 Å². The third kappa shape index (κ3) is 10.1. The molecule has 224 valence electrons. The fourth-order valence-corrected chi connectivity index (χ4v) is 4.44. The van der Waals surface area contributed by atoms with E-state index in [-0.39, 0.29) is 18.7 Å². The maximum absolute atomic E-state index is 14.5. The Bertz CT molecular complexity index is 1220. The van der Waals surface area contributed by atoms with Gasteiger partial charge in [0.1, 0.15) is 30.0 Å². The van der Waals surface area contributed by atoms with E-state index in [0.717, 1.165) is 11.1 Å². The van der Waals surface area contributed by atoms with Gasteiger partial charge in [-0.1, -0.05) is 41.5 Å². The number of benzene rings is 2. The van der Waals surface area contributed by atoms with Gasteiger partial charge in [-0.2, -0.15) is 0 Å². The van der Waals surface area contributed by atoms with Gasteiger partial charge < -0.3 is 30.1 Å². The molecule has 3 amide bonds. The number of nitrogens with one attached hydrogen (secondary N) is 2. The molecule has 0 saturated heterocycles. The lowest BCUT2D eigenvalue weighted by Crippen LogP contribution is -2.59. The van der Waals surface area contributed by atoms with Crippen LogP contribution in [0.2, 0.25) is 0 Å². The highest BCUT2D eigenvalue weighted by Gasteiger charge is 2.42. The van der Waals surface area contributed by atoms with E-state index in [1.54, 1.807) is 53.7 Å². The molecule has 0 aliphatic rings. The molecular weight excluding hydrogens is 526 g/mol. The summed E-state index contributed by atoms with van der Waals surface area (Å²) in [7, 11) is 1.22. The van der Waals surface area contributed by atoms with Crippen LogP contribution in [0.1, 0.15) is 69.8 Å². The number of alkyl carbamates (subject to hydrolysis) is 1. The highest BCUT2D eigenvalue weighted by Crippen LogP contribution is 2.31. The maximum atomic E-state index is 14.5. The molecule has 3 N–H and O–H groups in total. The molecule has 0 radical (unpaired) electrons. The van der Waals surface area contributed by atoms with Crippen molar-refractivity contribution < 1.29 is 33.8 Å². The van der Waals surface area contributed by atoms with E-state index in [1.807, 2.05) is 32.0 Å². The number of ether oxygens (including phenoxy) is 2. The van der Waals surface area contributed by atoms with Crippen LogP contribution in [0.5, 0.6) is 5.75 Å². The van der Waals surface area contributed by atoms with Gasteiger partial charge in [0.05, 0.1) is 7.11 Å². The highest BCUT2D eigenvalue weighted by atomic mass is 16.6. The van der Waals surface area contributed by atoms with Crippen LogP contribution in [0.25, 0.3) is 0 Å². The van der Waals surface area contributed by atoms with Crippen LogP contribution in [0.15, 0.2) is 42.5 Å². The van der Waals surface area contributed by atoms with Gasteiger partial charge in [0, 0.05) is 12.0 Å². The van der Waals surface area contributed by atoms with E-state index in [9.17, 15) is 24.3 Å². The van der Waals surface area contributed by atoms with E-state index >= 15 is 0 Å². The smallest absolute Gasteiger partial charge is 0.408 e. The largest absolute Gasteiger partial charge is 0.508 e. The molecule has 0 aliphatic heterocycles. The molecule has 0 aliphatic carbocycles. The molecule has 0 saturated carbocycles.